The molecule has 1 aliphatic heterocycles. The Morgan fingerprint density at radius 2 is 1.71 bits per heavy atom. The van der Waals surface area contributed by atoms with Crippen molar-refractivity contribution in [2.24, 2.45) is 0 Å². The van der Waals surface area contributed by atoms with Crippen molar-refractivity contribution >= 4 is 21.8 Å². The van der Waals surface area contributed by atoms with Crippen molar-refractivity contribution in [1.29, 1.82) is 0 Å². The van der Waals surface area contributed by atoms with Gasteiger partial charge in [0.1, 0.15) is 5.76 Å². The molecule has 2 amide bonds. The van der Waals surface area contributed by atoms with Gasteiger partial charge in [0.15, 0.2) is 0 Å². The molecule has 0 saturated heterocycles. The van der Waals surface area contributed by atoms with Crippen LogP contribution in [0.4, 0.5) is 0 Å². The molecule has 1 atom stereocenters. The molecule has 0 fully saturated rings. The summed E-state index contributed by atoms with van der Waals surface area (Å²) < 4.78 is 32.0. The second-order valence-electron chi connectivity index (χ2n) is 5.48. The lowest BCUT2D eigenvalue weighted by Gasteiger charge is -2.16. The molecular weight excluding hydrogens is 332 g/mol. The average molecular weight is 348 g/mol. The second-order valence-corrected chi connectivity index (χ2v) is 7.35. The minimum Gasteiger partial charge on any atom is -0.468 e. The smallest absolute Gasteiger partial charge is 0.261 e. The first-order valence-electron chi connectivity index (χ1n) is 7.38. The fourth-order valence-electron chi connectivity index (χ4n) is 2.58. The Hall–Kier alpha value is -2.45. The number of rotatable bonds is 6. The molecule has 2 aromatic rings. The number of fused-ring (bicyclic) bond motifs is 1. The van der Waals surface area contributed by atoms with Crippen LogP contribution in [-0.2, 0) is 10.0 Å². The molecule has 0 radical (unpaired) electrons. The van der Waals surface area contributed by atoms with Crippen LogP contribution >= 0.6 is 0 Å². The van der Waals surface area contributed by atoms with Crippen LogP contribution < -0.4 is 4.72 Å². The minimum atomic E-state index is -3.68. The molecule has 0 saturated carbocycles. The minimum absolute atomic E-state index is 0.202. The van der Waals surface area contributed by atoms with Crippen LogP contribution in [0.25, 0.3) is 0 Å². The van der Waals surface area contributed by atoms with Crippen LogP contribution in [0, 0.1) is 0 Å². The van der Waals surface area contributed by atoms with Crippen molar-refractivity contribution in [1.82, 2.24) is 9.62 Å². The van der Waals surface area contributed by atoms with Gasteiger partial charge < -0.3 is 4.42 Å². The second kappa shape index (κ2) is 6.21. The third-order valence-electron chi connectivity index (χ3n) is 3.79. The first-order chi connectivity index (χ1) is 11.4. The quantitative estimate of drug-likeness (QED) is 0.799. The van der Waals surface area contributed by atoms with Crippen LogP contribution in [0.15, 0.2) is 47.1 Å². The summed E-state index contributed by atoms with van der Waals surface area (Å²) >= 11 is 0. The lowest BCUT2D eigenvalue weighted by molar-refractivity contribution is 0.0664. The maximum absolute atomic E-state index is 12.2. The van der Waals surface area contributed by atoms with E-state index in [-0.39, 0.29) is 12.3 Å². The van der Waals surface area contributed by atoms with E-state index < -0.39 is 27.9 Å². The van der Waals surface area contributed by atoms with Crippen molar-refractivity contribution in [3.05, 3.63) is 59.5 Å². The van der Waals surface area contributed by atoms with E-state index in [2.05, 4.69) is 4.72 Å². The summed E-state index contributed by atoms with van der Waals surface area (Å²) in [7, 11) is -3.68. The van der Waals surface area contributed by atoms with Crippen molar-refractivity contribution < 1.29 is 22.4 Å². The standard InChI is InChI=1S/C16H16N2O5S/c1-11(14-7-4-9-23-14)17-24(21,22)10-8-18-15(19)12-5-2-3-6-13(12)16(18)20/h2-7,9,11,17H,8,10H2,1H3. The number of amides is 2. The van der Waals surface area contributed by atoms with Crippen molar-refractivity contribution in [2.75, 3.05) is 12.3 Å². The third-order valence-corrected chi connectivity index (χ3v) is 5.22. The van der Waals surface area contributed by atoms with Crippen LogP contribution in [0.1, 0.15) is 39.4 Å². The molecule has 1 N–H and O–H groups in total. The van der Waals surface area contributed by atoms with Gasteiger partial charge in [-0.05, 0) is 31.2 Å². The zero-order valence-corrected chi connectivity index (χ0v) is 13.7. The molecule has 3 rings (SSSR count). The predicted molar refractivity (Wildman–Crippen MR) is 85.9 cm³/mol. The van der Waals surface area contributed by atoms with E-state index in [1.807, 2.05) is 0 Å². The molecule has 24 heavy (non-hydrogen) atoms. The number of nitrogens with zero attached hydrogens (tertiary/aromatic N) is 1. The van der Waals surface area contributed by atoms with Gasteiger partial charge in [-0.2, -0.15) is 0 Å². The van der Waals surface area contributed by atoms with Gasteiger partial charge >= 0.3 is 0 Å². The van der Waals surface area contributed by atoms with Gasteiger partial charge in [0.2, 0.25) is 10.0 Å². The summed E-state index contributed by atoms with van der Waals surface area (Å²) in [6, 6.07) is 9.24. The number of carbonyl (C=O) groups is 2. The highest BCUT2D eigenvalue weighted by Crippen LogP contribution is 2.22. The Morgan fingerprint density at radius 1 is 1.08 bits per heavy atom. The summed E-state index contributed by atoms with van der Waals surface area (Å²) in [5.74, 6) is -0.821. The maximum Gasteiger partial charge on any atom is 0.261 e. The van der Waals surface area contributed by atoms with E-state index in [0.717, 1.165) is 4.90 Å². The molecule has 1 aromatic carbocycles. The van der Waals surface area contributed by atoms with Crippen molar-refractivity contribution in [3.8, 4) is 0 Å². The summed E-state index contributed by atoms with van der Waals surface area (Å²) in [5, 5.41) is 0. The largest absolute Gasteiger partial charge is 0.468 e. The number of sulfonamides is 1. The van der Waals surface area contributed by atoms with Gasteiger partial charge in [0.05, 0.1) is 29.2 Å². The summed E-state index contributed by atoms with van der Waals surface area (Å²) in [5.41, 5.74) is 0.605. The molecular formula is C16H16N2O5S. The number of hydrogen-bond acceptors (Lipinski definition) is 5. The molecule has 7 nitrogen and oxygen atoms in total. The van der Waals surface area contributed by atoms with Gasteiger partial charge in [0.25, 0.3) is 11.8 Å². The number of furan rings is 1. The zero-order valence-electron chi connectivity index (χ0n) is 12.9. The lowest BCUT2D eigenvalue weighted by atomic mass is 10.1. The third kappa shape index (κ3) is 3.10. The Kier molecular flexibility index (Phi) is 4.25. The molecule has 1 unspecified atom stereocenters. The van der Waals surface area contributed by atoms with E-state index >= 15 is 0 Å². The van der Waals surface area contributed by atoms with Gasteiger partial charge in [-0.3, -0.25) is 14.5 Å². The number of carbonyl (C=O) groups excluding carboxylic acids is 2. The SMILES string of the molecule is CC(NS(=O)(=O)CCN1C(=O)c2ccccc2C1=O)c1ccco1. The molecule has 8 heteroatoms. The summed E-state index contributed by atoms with van der Waals surface area (Å²) in [4.78, 5) is 25.4. The van der Waals surface area contributed by atoms with E-state index in [0.29, 0.717) is 16.9 Å². The first kappa shape index (κ1) is 16.4. The lowest BCUT2D eigenvalue weighted by Crippen LogP contribution is -2.38. The molecule has 1 aliphatic rings. The number of nitrogens with one attached hydrogen (secondary N) is 1. The summed E-state index contributed by atoms with van der Waals surface area (Å²) in [6.45, 7) is 1.45. The first-order valence-corrected chi connectivity index (χ1v) is 9.03. The number of benzene rings is 1. The van der Waals surface area contributed by atoms with Crippen LogP contribution in [0.2, 0.25) is 0 Å². The molecule has 0 spiro atoms. The Bertz CT molecular complexity index is 839. The van der Waals surface area contributed by atoms with Crippen LogP contribution in [-0.4, -0.2) is 37.4 Å². The Morgan fingerprint density at radius 3 is 2.25 bits per heavy atom. The Labute approximate surface area is 139 Å². The van der Waals surface area contributed by atoms with Crippen molar-refractivity contribution in [3.63, 3.8) is 0 Å². The zero-order chi connectivity index (χ0) is 17.3. The van der Waals surface area contributed by atoms with E-state index in [9.17, 15) is 18.0 Å². The van der Waals surface area contributed by atoms with E-state index in [1.165, 1.54) is 6.26 Å². The van der Waals surface area contributed by atoms with Gasteiger partial charge in [-0.15, -0.1) is 0 Å². The highest BCUT2D eigenvalue weighted by molar-refractivity contribution is 7.89. The monoisotopic (exact) mass is 348 g/mol. The van der Waals surface area contributed by atoms with E-state index in [1.54, 1.807) is 43.3 Å². The average Bonchev–Trinajstić information content (AvgIpc) is 3.15. The normalized spacial score (nSPS) is 15.6. The van der Waals surface area contributed by atoms with Gasteiger partial charge in [-0.25, -0.2) is 13.1 Å². The van der Waals surface area contributed by atoms with Gasteiger partial charge in [-0.1, -0.05) is 12.1 Å². The fourth-order valence-corrected chi connectivity index (χ4v) is 3.77. The van der Waals surface area contributed by atoms with Gasteiger partial charge in [0, 0.05) is 6.54 Å². The predicted octanol–water partition coefficient (Wildman–Crippen LogP) is 1.56. The van der Waals surface area contributed by atoms with Crippen LogP contribution in [0.3, 0.4) is 0 Å². The topological polar surface area (TPSA) is 96.7 Å². The molecule has 1 aromatic heterocycles. The molecule has 0 aliphatic carbocycles. The van der Waals surface area contributed by atoms with E-state index in [4.69, 9.17) is 4.42 Å². The summed E-state index contributed by atoms with van der Waals surface area (Å²) in [6.07, 6.45) is 1.46. The maximum atomic E-state index is 12.2. The highest BCUT2D eigenvalue weighted by atomic mass is 32.2. The molecule has 2 heterocycles. The molecule has 126 valence electrons. The Balaban J connectivity index is 1.65. The highest BCUT2D eigenvalue weighted by Gasteiger charge is 2.35. The fraction of sp³-hybridized carbons (Fsp3) is 0.250. The number of imide groups is 1. The molecule has 0 bridgehead atoms. The van der Waals surface area contributed by atoms with Crippen LogP contribution in [0.5, 0.6) is 0 Å². The van der Waals surface area contributed by atoms with Crippen molar-refractivity contribution in [2.45, 2.75) is 13.0 Å². The number of hydrogen-bond donors (Lipinski definition) is 1.